The molecule has 0 bridgehead atoms. The molecule has 0 saturated heterocycles. The Hall–Kier alpha value is -2.91. The van der Waals surface area contributed by atoms with Crippen molar-refractivity contribution in [3.8, 4) is 0 Å². The van der Waals surface area contributed by atoms with E-state index in [0.29, 0.717) is 30.5 Å². The lowest BCUT2D eigenvalue weighted by Gasteiger charge is -2.17. The minimum atomic E-state index is -3.51. The second kappa shape index (κ2) is 10.6. The van der Waals surface area contributed by atoms with Gasteiger partial charge in [0.1, 0.15) is 5.82 Å². The first-order chi connectivity index (χ1) is 15.0. The Balaban J connectivity index is 2.48. The Labute approximate surface area is 188 Å². The van der Waals surface area contributed by atoms with Crippen LogP contribution in [-0.2, 0) is 34.0 Å². The highest BCUT2D eigenvalue weighted by atomic mass is 32.2. The molecule has 0 fully saturated rings. The molecule has 0 heterocycles. The summed E-state index contributed by atoms with van der Waals surface area (Å²) < 4.78 is 37.1. The van der Waals surface area contributed by atoms with Gasteiger partial charge < -0.3 is 5.73 Å². The van der Waals surface area contributed by atoms with Gasteiger partial charge in [-0.1, -0.05) is 38.1 Å². The van der Waals surface area contributed by atoms with Crippen LogP contribution in [0.1, 0.15) is 46.5 Å². The molecule has 0 aliphatic heterocycles. The van der Waals surface area contributed by atoms with Gasteiger partial charge in [-0.3, -0.25) is 9.59 Å². The Morgan fingerprint density at radius 1 is 1.06 bits per heavy atom. The highest BCUT2D eigenvalue weighted by molar-refractivity contribution is 7.91. The maximum atomic E-state index is 13.3. The van der Waals surface area contributed by atoms with Gasteiger partial charge in [-0.25, -0.2) is 17.8 Å². The monoisotopic (exact) mass is 461 g/mol. The molecule has 2 N–H and O–H groups in total. The number of carbonyl (C=O) groups is 2. The van der Waals surface area contributed by atoms with Crippen molar-refractivity contribution in [2.24, 2.45) is 10.8 Å². The molecule has 0 saturated carbocycles. The third kappa shape index (κ3) is 6.30. The Kier molecular flexibility index (Phi) is 8.40. The van der Waals surface area contributed by atoms with Crippen LogP contribution in [0.25, 0.3) is 0 Å². The van der Waals surface area contributed by atoms with E-state index in [9.17, 15) is 22.4 Å². The van der Waals surface area contributed by atoms with Gasteiger partial charge in [-0.05, 0) is 47.2 Å². The smallest absolute Gasteiger partial charge is 0.314 e. The molecule has 0 radical (unpaired) electrons. The molecule has 9 heteroatoms. The summed E-state index contributed by atoms with van der Waals surface area (Å²) in [6.45, 7) is 4.09. The summed E-state index contributed by atoms with van der Waals surface area (Å²) in [6.07, 6.45) is 2.10. The largest absolute Gasteiger partial charge is 0.326 e. The van der Waals surface area contributed by atoms with E-state index >= 15 is 0 Å². The summed E-state index contributed by atoms with van der Waals surface area (Å²) in [5.74, 6) is -2.60. The number of aryl methyl sites for hydroxylation is 2. The lowest BCUT2D eigenvalue weighted by molar-refractivity contribution is -0.125. The average Bonchev–Trinajstić information content (AvgIpc) is 2.76. The first kappa shape index (κ1) is 25.4. The lowest BCUT2D eigenvalue weighted by Crippen LogP contribution is -2.33. The number of carbonyl (C=O) groups excluding carboxylic acids is 2. The fourth-order valence-corrected chi connectivity index (χ4v) is 4.07. The van der Waals surface area contributed by atoms with Crippen LogP contribution in [0.5, 0.6) is 0 Å². The highest BCUT2D eigenvalue weighted by Gasteiger charge is 2.26. The van der Waals surface area contributed by atoms with Crippen LogP contribution in [0.3, 0.4) is 0 Å². The first-order valence-corrected chi connectivity index (χ1v) is 12.2. The van der Waals surface area contributed by atoms with Crippen LogP contribution < -0.4 is 5.73 Å². The lowest BCUT2D eigenvalue weighted by atomic mass is 9.91. The van der Waals surface area contributed by atoms with E-state index in [1.54, 1.807) is 0 Å². The van der Waals surface area contributed by atoms with Crippen LogP contribution in [0.15, 0.2) is 41.5 Å². The molecule has 0 aliphatic rings. The molecule has 2 aromatic carbocycles. The number of sulfone groups is 1. The second-order valence-electron chi connectivity index (χ2n) is 7.48. The molecule has 7 nitrogen and oxygen atoms in total. The van der Waals surface area contributed by atoms with E-state index in [2.05, 4.69) is 5.10 Å². The third-order valence-corrected chi connectivity index (χ3v) is 5.72. The number of amides is 1. The fourth-order valence-electron chi connectivity index (χ4n) is 3.35. The molecule has 172 valence electrons. The number of ketones is 1. The number of likely N-dealkylation sites (N-methyl/N-ethyl adjacent to an activating group) is 1. The van der Waals surface area contributed by atoms with Gasteiger partial charge >= 0.3 is 5.91 Å². The summed E-state index contributed by atoms with van der Waals surface area (Å²) in [4.78, 5) is 26.1. The molecular formula is C23H28FN3O4S. The summed E-state index contributed by atoms with van der Waals surface area (Å²) in [5.41, 5.74) is 8.75. The molecular weight excluding hydrogens is 433 g/mol. The van der Waals surface area contributed by atoms with Crippen molar-refractivity contribution in [2.75, 3.05) is 19.1 Å². The Bertz CT molecular complexity index is 1120. The number of benzene rings is 2. The first-order valence-electron chi connectivity index (χ1n) is 10.2. The topological polar surface area (TPSA) is 110 Å². The number of rotatable bonds is 9. The number of Topliss-reactive ketones (excluding diaryl/α,β-unsaturated/α-hetero) is 1. The number of halogens is 1. The van der Waals surface area contributed by atoms with Crippen LogP contribution >= 0.6 is 0 Å². The Morgan fingerprint density at radius 2 is 1.59 bits per heavy atom. The summed E-state index contributed by atoms with van der Waals surface area (Å²) in [6, 6.07) is 8.71. The zero-order valence-corrected chi connectivity index (χ0v) is 19.5. The molecule has 2 aromatic rings. The van der Waals surface area contributed by atoms with Crippen molar-refractivity contribution in [1.29, 1.82) is 0 Å². The molecule has 0 aromatic heterocycles. The van der Waals surface area contributed by atoms with E-state index in [1.165, 1.54) is 31.3 Å². The number of hydrazone groups is 1. The van der Waals surface area contributed by atoms with Crippen molar-refractivity contribution in [1.82, 2.24) is 5.01 Å². The molecule has 2 rings (SSSR count). The van der Waals surface area contributed by atoms with Crippen molar-refractivity contribution >= 4 is 27.2 Å². The predicted octanol–water partition coefficient (Wildman–Crippen LogP) is 2.50. The molecule has 0 spiro atoms. The van der Waals surface area contributed by atoms with Crippen LogP contribution in [0, 0.1) is 5.82 Å². The van der Waals surface area contributed by atoms with Crippen molar-refractivity contribution in [3.63, 3.8) is 0 Å². The molecule has 0 atom stereocenters. The normalized spacial score (nSPS) is 12.0. The van der Waals surface area contributed by atoms with E-state index in [0.717, 1.165) is 28.0 Å². The van der Waals surface area contributed by atoms with Gasteiger partial charge in [0, 0.05) is 25.4 Å². The quantitative estimate of drug-likeness (QED) is 0.267. The molecule has 32 heavy (non-hydrogen) atoms. The minimum absolute atomic E-state index is 0.0288. The second-order valence-corrected chi connectivity index (χ2v) is 9.62. The van der Waals surface area contributed by atoms with Gasteiger partial charge in [0.2, 0.25) is 0 Å². The zero-order valence-electron chi connectivity index (χ0n) is 18.7. The predicted molar refractivity (Wildman–Crippen MR) is 123 cm³/mol. The highest BCUT2D eigenvalue weighted by Crippen LogP contribution is 2.21. The summed E-state index contributed by atoms with van der Waals surface area (Å²) in [5, 5.41) is 4.95. The maximum Gasteiger partial charge on any atom is 0.314 e. The van der Waals surface area contributed by atoms with Crippen molar-refractivity contribution in [2.45, 2.75) is 33.2 Å². The molecule has 1 amide bonds. The van der Waals surface area contributed by atoms with E-state index in [-0.39, 0.29) is 5.71 Å². The number of nitrogens with two attached hydrogens (primary N) is 1. The van der Waals surface area contributed by atoms with Crippen LogP contribution in [0.2, 0.25) is 0 Å². The fraction of sp³-hybridized carbons (Fsp3) is 0.348. The zero-order chi connectivity index (χ0) is 24.1. The van der Waals surface area contributed by atoms with Gasteiger partial charge in [0.25, 0.3) is 5.78 Å². The van der Waals surface area contributed by atoms with Crippen LogP contribution in [-0.4, -0.2) is 49.9 Å². The number of nitrogens with zero attached hydrogens (tertiary/aromatic N) is 2. The van der Waals surface area contributed by atoms with Gasteiger partial charge in [-0.15, -0.1) is 0 Å². The van der Waals surface area contributed by atoms with Gasteiger partial charge in [0.15, 0.2) is 9.84 Å². The van der Waals surface area contributed by atoms with E-state index < -0.39 is 33.1 Å². The molecule has 0 aliphatic carbocycles. The van der Waals surface area contributed by atoms with Crippen molar-refractivity contribution in [3.05, 3.63) is 70.0 Å². The summed E-state index contributed by atoms with van der Waals surface area (Å²) >= 11 is 0. The third-order valence-electron chi connectivity index (χ3n) is 4.92. The van der Waals surface area contributed by atoms with Crippen molar-refractivity contribution < 1.29 is 22.4 Å². The Morgan fingerprint density at radius 3 is 2.03 bits per heavy atom. The van der Waals surface area contributed by atoms with Gasteiger partial charge in [-0.2, -0.15) is 5.10 Å². The summed E-state index contributed by atoms with van der Waals surface area (Å²) in [7, 11) is -2.22. The van der Waals surface area contributed by atoms with Crippen LogP contribution in [0.4, 0.5) is 4.39 Å². The SMILES string of the molecule is CCc1cc(CN)cc(CC)c1C(=O)C(=O)N(C)N=C(CS(C)(=O)=O)c1ccc(F)cc1. The van der Waals surface area contributed by atoms with E-state index in [4.69, 9.17) is 5.73 Å². The minimum Gasteiger partial charge on any atom is -0.326 e. The average molecular weight is 462 g/mol. The van der Waals surface area contributed by atoms with Gasteiger partial charge in [0.05, 0.1) is 11.5 Å². The standard InChI is InChI=1S/C23H28FN3O4S/c1-5-16-11-15(13-25)12-17(6-2)21(16)22(28)23(29)27(3)26-20(14-32(4,30)31)18-7-9-19(24)10-8-18/h7-12H,5-6,13-14,25H2,1-4H3. The number of hydrogen-bond acceptors (Lipinski definition) is 6. The van der Waals surface area contributed by atoms with E-state index in [1.807, 2.05) is 26.0 Å². The maximum absolute atomic E-state index is 13.3. The number of hydrogen-bond donors (Lipinski definition) is 1. The molecule has 0 unspecified atom stereocenters.